The molecule has 142 valence electrons. The summed E-state index contributed by atoms with van der Waals surface area (Å²) in [7, 11) is 1.54. The molecular formula is C20H22N2O5. The van der Waals surface area contributed by atoms with Crippen LogP contribution in [0.25, 0.3) is 0 Å². The molecule has 0 bridgehead atoms. The summed E-state index contributed by atoms with van der Waals surface area (Å²) < 4.78 is 15.4. The first-order valence-electron chi connectivity index (χ1n) is 8.37. The molecule has 0 spiro atoms. The Balaban J connectivity index is 1.84. The third-order valence-electron chi connectivity index (χ3n) is 3.32. The van der Waals surface area contributed by atoms with E-state index in [2.05, 4.69) is 10.5 Å². The molecule has 0 aliphatic rings. The van der Waals surface area contributed by atoms with E-state index in [1.807, 2.05) is 0 Å². The molecule has 7 nitrogen and oxygen atoms in total. The van der Waals surface area contributed by atoms with Crippen molar-refractivity contribution in [3.63, 3.8) is 0 Å². The molecule has 0 fully saturated rings. The highest BCUT2D eigenvalue weighted by Crippen LogP contribution is 2.13. The average molecular weight is 370 g/mol. The lowest BCUT2D eigenvalue weighted by atomic mass is 10.2. The summed E-state index contributed by atoms with van der Waals surface area (Å²) >= 11 is 0. The summed E-state index contributed by atoms with van der Waals surface area (Å²) in [6.07, 6.45) is 1.33. The topological polar surface area (TPSA) is 86.2 Å². The lowest BCUT2D eigenvalue weighted by molar-refractivity contribution is -0.149. The summed E-state index contributed by atoms with van der Waals surface area (Å²) in [5.74, 6) is 0.373. The van der Waals surface area contributed by atoms with E-state index >= 15 is 0 Å². The molecule has 1 N–H and O–H groups in total. The van der Waals surface area contributed by atoms with E-state index in [1.54, 1.807) is 62.4 Å². The zero-order chi connectivity index (χ0) is 19.6. The molecule has 0 atom stereocenters. The van der Waals surface area contributed by atoms with Gasteiger partial charge in [-0.2, -0.15) is 5.10 Å². The Labute approximate surface area is 157 Å². The molecule has 2 aromatic rings. The van der Waals surface area contributed by atoms with E-state index in [4.69, 9.17) is 14.2 Å². The highest BCUT2D eigenvalue weighted by molar-refractivity contribution is 5.95. The molecular weight excluding hydrogens is 348 g/mol. The van der Waals surface area contributed by atoms with Crippen LogP contribution in [0.1, 0.15) is 29.8 Å². The van der Waals surface area contributed by atoms with Gasteiger partial charge in [-0.05, 0) is 61.9 Å². The molecule has 0 unspecified atom stereocenters. The molecule has 2 aromatic carbocycles. The van der Waals surface area contributed by atoms with Crippen LogP contribution in [-0.4, -0.2) is 37.9 Å². The predicted octanol–water partition coefficient (Wildman–Crippen LogP) is 2.79. The maximum Gasteiger partial charge on any atom is 0.344 e. The zero-order valence-corrected chi connectivity index (χ0v) is 15.5. The standard InChI is InChI=1S/C20H22N2O5/c1-14(2)27-19(23)13-26-17-9-7-15(8-10-17)12-21-22-20(24)16-5-4-6-18(11-16)25-3/h4-12,14H,13H2,1-3H3,(H,22,24)/b21-12-. The van der Waals surface area contributed by atoms with E-state index in [0.29, 0.717) is 17.1 Å². The maximum absolute atomic E-state index is 12.0. The van der Waals surface area contributed by atoms with Gasteiger partial charge in [0.15, 0.2) is 6.61 Å². The summed E-state index contributed by atoms with van der Waals surface area (Å²) in [5.41, 5.74) is 3.66. The molecule has 27 heavy (non-hydrogen) atoms. The van der Waals surface area contributed by atoms with Gasteiger partial charge in [-0.25, -0.2) is 10.2 Å². The van der Waals surface area contributed by atoms with Crippen molar-refractivity contribution in [2.24, 2.45) is 5.10 Å². The lowest BCUT2D eigenvalue weighted by Crippen LogP contribution is -2.18. The predicted molar refractivity (Wildman–Crippen MR) is 101 cm³/mol. The number of nitrogens with zero attached hydrogens (tertiary/aromatic N) is 1. The number of rotatable bonds is 8. The number of nitrogens with one attached hydrogen (secondary N) is 1. The number of hydrogen-bond acceptors (Lipinski definition) is 6. The quantitative estimate of drug-likeness (QED) is 0.439. The number of ether oxygens (including phenoxy) is 3. The molecule has 0 aromatic heterocycles. The van der Waals surface area contributed by atoms with Crippen molar-refractivity contribution in [2.75, 3.05) is 13.7 Å². The van der Waals surface area contributed by atoms with Crippen LogP contribution < -0.4 is 14.9 Å². The minimum Gasteiger partial charge on any atom is -0.497 e. The summed E-state index contributed by atoms with van der Waals surface area (Å²) in [5, 5.41) is 3.93. The number of amides is 1. The number of methoxy groups -OCH3 is 1. The fraction of sp³-hybridized carbons (Fsp3) is 0.250. The molecule has 0 saturated carbocycles. The van der Waals surface area contributed by atoms with Gasteiger partial charge < -0.3 is 14.2 Å². The van der Waals surface area contributed by atoms with Crippen molar-refractivity contribution < 1.29 is 23.8 Å². The summed E-state index contributed by atoms with van der Waals surface area (Å²) in [6.45, 7) is 3.40. The Bertz CT molecular complexity index is 800. The first kappa shape index (κ1) is 20.0. The fourth-order valence-electron chi connectivity index (χ4n) is 2.08. The van der Waals surface area contributed by atoms with Crippen LogP contribution in [0.4, 0.5) is 0 Å². The second-order valence-corrected chi connectivity index (χ2v) is 5.83. The van der Waals surface area contributed by atoms with Crippen LogP contribution >= 0.6 is 0 Å². The van der Waals surface area contributed by atoms with E-state index in [9.17, 15) is 9.59 Å². The normalized spacial score (nSPS) is 10.7. The van der Waals surface area contributed by atoms with Gasteiger partial charge in [-0.3, -0.25) is 4.79 Å². The highest BCUT2D eigenvalue weighted by atomic mass is 16.6. The molecule has 0 aliphatic carbocycles. The molecule has 2 rings (SSSR count). The Morgan fingerprint density at radius 2 is 1.85 bits per heavy atom. The number of hydrogen-bond donors (Lipinski definition) is 1. The molecule has 0 aliphatic heterocycles. The van der Waals surface area contributed by atoms with Crippen LogP contribution in [0.5, 0.6) is 11.5 Å². The van der Waals surface area contributed by atoms with E-state index in [0.717, 1.165) is 5.56 Å². The minimum absolute atomic E-state index is 0.151. The van der Waals surface area contributed by atoms with Gasteiger partial charge in [0.1, 0.15) is 11.5 Å². The molecule has 0 radical (unpaired) electrons. The largest absolute Gasteiger partial charge is 0.497 e. The number of carbonyl (C=O) groups excluding carboxylic acids is 2. The third kappa shape index (κ3) is 6.81. The number of benzene rings is 2. The first-order chi connectivity index (χ1) is 13.0. The van der Waals surface area contributed by atoms with Gasteiger partial charge >= 0.3 is 5.97 Å². The smallest absolute Gasteiger partial charge is 0.344 e. The van der Waals surface area contributed by atoms with Gasteiger partial charge in [0, 0.05) is 5.56 Å². The monoisotopic (exact) mass is 370 g/mol. The maximum atomic E-state index is 12.0. The second-order valence-electron chi connectivity index (χ2n) is 5.83. The van der Waals surface area contributed by atoms with Crippen LogP contribution in [0.15, 0.2) is 53.6 Å². The molecule has 7 heteroatoms. The van der Waals surface area contributed by atoms with Crippen molar-refractivity contribution in [2.45, 2.75) is 20.0 Å². The van der Waals surface area contributed by atoms with Crippen molar-refractivity contribution >= 4 is 18.1 Å². The third-order valence-corrected chi connectivity index (χ3v) is 3.32. The number of hydrazone groups is 1. The highest BCUT2D eigenvalue weighted by Gasteiger charge is 2.07. The molecule has 0 heterocycles. The number of carbonyl (C=O) groups is 2. The Hall–Kier alpha value is -3.35. The van der Waals surface area contributed by atoms with Crippen molar-refractivity contribution in [1.29, 1.82) is 0 Å². The SMILES string of the molecule is COc1cccc(C(=O)N/N=C\c2ccc(OCC(=O)OC(C)C)cc2)c1. The Kier molecular flexibility index (Phi) is 7.37. The van der Waals surface area contributed by atoms with Gasteiger partial charge in [0.25, 0.3) is 5.91 Å². The van der Waals surface area contributed by atoms with Gasteiger partial charge in [0.2, 0.25) is 0 Å². The van der Waals surface area contributed by atoms with Gasteiger partial charge in [-0.1, -0.05) is 6.07 Å². The summed E-state index contributed by atoms with van der Waals surface area (Å²) in [4.78, 5) is 23.5. The van der Waals surface area contributed by atoms with Crippen LogP contribution in [0.2, 0.25) is 0 Å². The lowest BCUT2D eigenvalue weighted by Gasteiger charge is -2.09. The average Bonchev–Trinajstić information content (AvgIpc) is 2.66. The van der Waals surface area contributed by atoms with Crippen molar-refractivity contribution in [3.8, 4) is 11.5 Å². The van der Waals surface area contributed by atoms with Crippen molar-refractivity contribution in [1.82, 2.24) is 5.43 Å². The Morgan fingerprint density at radius 3 is 2.52 bits per heavy atom. The van der Waals surface area contributed by atoms with E-state index in [1.165, 1.54) is 13.3 Å². The molecule has 1 amide bonds. The van der Waals surface area contributed by atoms with E-state index < -0.39 is 5.97 Å². The van der Waals surface area contributed by atoms with Crippen LogP contribution in [0, 0.1) is 0 Å². The van der Waals surface area contributed by atoms with Gasteiger partial charge in [0.05, 0.1) is 19.4 Å². The minimum atomic E-state index is -0.420. The zero-order valence-electron chi connectivity index (χ0n) is 15.5. The second kappa shape index (κ2) is 9.96. The summed E-state index contributed by atoms with van der Waals surface area (Å²) in [6, 6.07) is 13.7. The van der Waals surface area contributed by atoms with Gasteiger partial charge in [-0.15, -0.1) is 0 Å². The Morgan fingerprint density at radius 1 is 1.11 bits per heavy atom. The number of esters is 1. The van der Waals surface area contributed by atoms with E-state index in [-0.39, 0.29) is 18.6 Å². The fourth-order valence-corrected chi connectivity index (χ4v) is 2.08. The first-order valence-corrected chi connectivity index (χ1v) is 8.37. The van der Waals surface area contributed by atoms with Crippen molar-refractivity contribution in [3.05, 3.63) is 59.7 Å². The van der Waals surface area contributed by atoms with Crippen LogP contribution in [0.3, 0.4) is 0 Å². The van der Waals surface area contributed by atoms with Crippen LogP contribution in [-0.2, 0) is 9.53 Å². The molecule has 0 saturated heterocycles.